The van der Waals surface area contributed by atoms with Gasteiger partial charge in [0, 0.05) is 21.7 Å². The summed E-state index contributed by atoms with van der Waals surface area (Å²) in [7, 11) is 0. The highest BCUT2D eigenvalue weighted by Gasteiger charge is 2.13. The van der Waals surface area contributed by atoms with Crippen LogP contribution in [0.1, 0.15) is 0 Å². The van der Waals surface area contributed by atoms with Gasteiger partial charge in [-0.2, -0.15) is 0 Å². The third-order valence-electron chi connectivity index (χ3n) is 4.67. The summed E-state index contributed by atoms with van der Waals surface area (Å²) in [6.07, 6.45) is 0. The zero-order chi connectivity index (χ0) is 19.8. The first-order valence-electron chi connectivity index (χ1n) is 8.93. The monoisotopic (exact) mass is 383 g/mol. The normalized spacial score (nSPS) is 11.6. The Morgan fingerprint density at radius 3 is 2.38 bits per heavy atom. The lowest BCUT2D eigenvalue weighted by Gasteiger charge is -2.06. The standard InChI is InChI=1S/C22H14FN5O/c23-14-10-11-18-17(12-14)20(22(29)24-18)26-28-21-16-9-5-4-8-15(16)19(25-27-21)13-6-2-1-3-7-13/h1-12,24,29H. The summed E-state index contributed by atoms with van der Waals surface area (Å²) >= 11 is 0. The Balaban J connectivity index is 1.64. The van der Waals surface area contributed by atoms with E-state index >= 15 is 0 Å². The first-order chi connectivity index (χ1) is 14.2. The van der Waals surface area contributed by atoms with Crippen LogP contribution in [0.2, 0.25) is 0 Å². The van der Waals surface area contributed by atoms with Gasteiger partial charge in [-0.3, -0.25) is 0 Å². The molecule has 0 amide bonds. The van der Waals surface area contributed by atoms with Gasteiger partial charge in [0.2, 0.25) is 11.7 Å². The smallest absolute Gasteiger partial charge is 0.218 e. The van der Waals surface area contributed by atoms with E-state index in [1.165, 1.54) is 18.2 Å². The fourth-order valence-corrected chi connectivity index (χ4v) is 3.31. The second-order valence-electron chi connectivity index (χ2n) is 6.50. The molecule has 7 heteroatoms. The van der Waals surface area contributed by atoms with E-state index in [9.17, 15) is 9.50 Å². The van der Waals surface area contributed by atoms with Gasteiger partial charge in [-0.1, -0.05) is 54.6 Å². The maximum Gasteiger partial charge on any atom is 0.218 e. The van der Waals surface area contributed by atoms with Gasteiger partial charge in [0.25, 0.3) is 0 Å². The summed E-state index contributed by atoms with van der Waals surface area (Å²) in [6.45, 7) is 0. The molecule has 6 nitrogen and oxygen atoms in total. The second-order valence-corrected chi connectivity index (χ2v) is 6.50. The van der Waals surface area contributed by atoms with E-state index in [4.69, 9.17) is 0 Å². The Morgan fingerprint density at radius 2 is 1.55 bits per heavy atom. The van der Waals surface area contributed by atoms with E-state index in [0.717, 1.165) is 22.0 Å². The molecule has 0 bridgehead atoms. The molecular formula is C22H14FN5O. The molecule has 0 aliphatic heterocycles. The van der Waals surface area contributed by atoms with Crippen molar-refractivity contribution in [3.63, 3.8) is 0 Å². The predicted molar refractivity (Wildman–Crippen MR) is 109 cm³/mol. The van der Waals surface area contributed by atoms with Crippen molar-refractivity contribution in [2.45, 2.75) is 0 Å². The molecule has 0 unspecified atom stereocenters. The molecule has 0 spiro atoms. The molecule has 0 fully saturated rings. The molecular weight excluding hydrogens is 369 g/mol. The second kappa shape index (κ2) is 6.79. The SMILES string of the molecule is Oc1[nH]c2ccc(F)cc2c1N=Nc1nnc(-c2ccccc2)c2ccccc12. The number of aromatic nitrogens is 3. The number of rotatable bonds is 3. The van der Waals surface area contributed by atoms with Gasteiger partial charge in [0.15, 0.2) is 5.69 Å². The molecule has 3 aromatic carbocycles. The van der Waals surface area contributed by atoms with Gasteiger partial charge in [-0.05, 0) is 18.2 Å². The third-order valence-corrected chi connectivity index (χ3v) is 4.67. The van der Waals surface area contributed by atoms with Crippen LogP contribution >= 0.6 is 0 Å². The highest BCUT2D eigenvalue weighted by Crippen LogP contribution is 2.37. The van der Waals surface area contributed by atoms with Crippen LogP contribution in [0.3, 0.4) is 0 Å². The third kappa shape index (κ3) is 2.98. The fourth-order valence-electron chi connectivity index (χ4n) is 3.31. The molecule has 2 heterocycles. The minimum absolute atomic E-state index is 0.150. The number of hydrogen-bond donors (Lipinski definition) is 2. The highest BCUT2D eigenvalue weighted by molar-refractivity contribution is 5.99. The first kappa shape index (κ1) is 17.0. The topological polar surface area (TPSA) is 86.5 Å². The van der Waals surface area contributed by atoms with Gasteiger partial charge >= 0.3 is 0 Å². The molecule has 5 aromatic rings. The van der Waals surface area contributed by atoms with Crippen molar-refractivity contribution >= 4 is 33.2 Å². The summed E-state index contributed by atoms with van der Waals surface area (Å²) in [4.78, 5) is 2.76. The van der Waals surface area contributed by atoms with E-state index in [-0.39, 0.29) is 11.6 Å². The number of hydrogen-bond acceptors (Lipinski definition) is 5. The average molecular weight is 383 g/mol. The molecule has 5 rings (SSSR count). The van der Waals surface area contributed by atoms with Crippen LogP contribution in [-0.4, -0.2) is 20.3 Å². The quantitative estimate of drug-likeness (QED) is 0.373. The Labute approximate surface area is 164 Å². The minimum atomic E-state index is -0.426. The zero-order valence-electron chi connectivity index (χ0n) is 15.0. The molecule has 2 aromatic heterocycles. The van der Waals surface area contributed by atoms with Crippen molar-refractivity contribution in [3.8, 4) is 17.1 Å². The number of aromatic hydroxyl groups is 1. The maximum absolute atomic E-state index is 13.6. The van der Waals surface area contributed by atoms with Crippen molar-refractivity contribution in [1.29, 1.82) is 0 Å². The number of H-pyrrole nitrogens is 1. The molecule has 0 radical (unpaired) electrons. The largest absolute Gasteiger partial charge is 0.493 e. The number of halogens is 1. The minimum Gasteiger partial charge on any atom is -0.493 e. The van der Waals surface area contributed by atoms with Gasteiger partial charge in [-0.15, -0.1) is 20.4 Å². The van der Waals surface area contributed by atoms with Crippen molar-refractivity contribution in [2.24, 2.45) is 10.2 Å². The lowest BCUT2D eigenvalue weighted by Crippen LogP contribution is -1.90. The van der Waals surface area contributed by atoms with Gasteiger partial charge in [-0.25, -0.2) is 4.39 Å². The van der Waals surface area contributed by atoms with E-state index in [2.05, 4.69) is 25.4 Å². The molecule has 0 atom stereocenters. The molecule has 0 aliphatic rings. The van der Waals surface area contributed by atoms with E-state index in [1.54, 1.807) is 0 Å². The first-order valence-corrected chi connectivity index (χ1v) is 8.93. The molecule has 0 aliphatic carbocycles. The Bertz CT molecular complexity index is 1380. The summed E-state index contributed by atoms with van der Waals surface area (Å²) in [5, 5.41) is 29.1. The van der Waals surface area contributed by atoms with Crippen molar-refractivity contribution in [2.75, 3.05) is 0 Å². The lowest BCUT2D eigenvalue weighted by atomic mass is 10.0. The van der Waals surface area contributed by atoms with Crippen molar-refractivity contribution in [3.05, 3.63) is 78.6 Å². The maximum atomic E-state index is 13.6. The average Bonchev–Trinajstić information content (AvgIpc) is 3.07. The summed E-state index contributed by atoms with van der Waals surface area (Å²) in [5.74, 6) is -0.302. The molecule has 0 saturated heterocycles. The number of azo groups is 1. The molecule has 2 N–H and O–H groups in total. The van der Waals surface area contributed by atoms with Crippen molar-refractivity contribution < 1.29 is 9.50 Å². The van der Waals surface area contributed by atoms with E-state index in [1.807, 2.05) is 54.6 Å². The van der Waals surface area contributed by atoms with Crippen LogP contribution in [0, 0.1) is 5.82 Å². The number of nitrogens with one attached hydrogen (secondary N) is 1. The van der Waals surface area contributed by atoms with Crippen LogP contribution in [0.25, 0.3) is 32.9 Å². The lowest BCUT2D eigenvalue weighted by molar-refractivity contribution is 0.459. The van der Waals surface area contributed by atoms with E-state index < -0.39 is 5.82 Å². The van der Waals surface area contributed by atoms with Crippen LogP contribution in [0.4, 0.5) is 15.9 Å². The summed E-state index contributed by atoms with van der Waals surface area (Å²) in [5.41, 5.74) is 2.41. The van der Waals surface area contributed by atoms with Crippen molar-refractivity contribution in [1.82, 2.24) is 15.2 Å². The Kier molecular flexibility index (Phi) is 3.98. The fraction of sp³-hybridized carbons (Fsp3) is 0. The van der Waals surface area contributed by atoms with E-state index in [0.29, 0.717) is 16.7 Å². The molecule has 29 heavy (non-hydrogen) atoms. The Hall–Kier alpha value is -4.13. The zero-order valence-corrected chi connectivity index (χ0v) is 15.0. The van der Waals surface area contributed by atoms with Crippen LogP contribution in [0.5, 0.6) is 5.88 Å². The predicted octanol–water partition coefficient (Wildman–Crippen LogP) is 6.04. The van der Waals surface area contributed by atoms with Gasteiger partial charge in [0.05, 0.1) is 5.52 Å². The van der Waals surface area contributed by atoms with Crippen LogP contribution < -0.4 is 0 Å². The Morgan fingerprint density at radius 1 is 0.793 bits per heavy atom. The summed E-state index contributed by atoms with van der Waals surface area (Å²) in [6, 6.07) is 21.5. The number of benzene rings is 3. The van der Waals surface area contributed by atoms with Crippen LogP contribution in [-0.2, 0) is 0 Å². The number of nitrogens with zero attached hydrogens (tertiary/aromatic N) is 4. The summed E-state index contributed by atoms with van der Waals surface area (Å²) < 4.78 is 13.6. The number of aromatic amines is 1. The van der Waals surface area contributed by atoms with Crippen LogP contribution in [0.15, 0.2) is 83.0 Å². The highest BCUT2D eigenvalue weighted by atomic mass is 19.1. The molecule has 140 valence electrons. The number of fused-ring (bicyclic) bond motifs is 2. The van der Waals surface area contributed by atoms with Gasteiger partial charge in [0.1, 0.15) is 11.5 Å². The van der Waals surface area contributed by atoms with Gasteiger partial charge < -0.3 is 10.1 Å². The molecule has 0 saturated carbocycles.